The quantitative estimate of drug-likeness (QED) is 0.289. The predicted molar refractivity (Wildman–Crippen MR) is 131 cm³/mol. The number of para-hydroxylation sites is 1. The summed E-state index contributed by atoms with van der Waals surface area (Å²) in [6.07, 6.45) is 0. The molecule has 3 N–H and O–H groups in total. The molecule has 0 atom stereocenters. The van der Waals surface area contributed by atoms with E-state index in [-0.39, 0.29) is 17.3 Å². The number of halogens is 1. The highest BCUT2D eigenvalue weighted by atomic mass is 32.2. The maximum absolute atomic E-state index is 13.7. The lowest BCUT2D eigenvalue weighted by molar-refractivity contribution is -0.113. The third kappa shape index (κ3) is 5.99. The van der Waals surface area contributed by atoms with Gasteiger partial charge < -0.3 is 20.7 Å². The van der Waals surface area contributed by atoms with Gasteiger partial charge in [0.25, 0.3) is 0 Å². The van der Waals surface area contributed by atoms with Crippen LogP contribution in [0.1, 0.15) is 0 Å². The molecule has 0 fully saturated rings. The number of nitrogens with zero attached hydrogens (tertiary/aromatic N) is 1. The summed E-state index contributed by atoms with van der Waals surface area (Å²) in [7, 11) is 1.59. The first-order valence-electron chi connectivity index (χ1n) is 9.80. The van der Waals surface area contributed by atoms with E-state index in [1.807, 2.05) is 0 Å². The first-order chi connectivity index (χ1) is 16.0. The molecular weight excluding hydrogens is 463 g/mol. The summed E-state index contributed by atoms with van der Waals surface area (Å²) in [6, 6.07) is 17.8. The van der Waals surface area contributed by atoms with E-state index >= 15 is 0 Å². The Hall–Kier alpha value is -3.63. The van der Waals surface area contributed by atoms with Crippen molar-refractivity contribution in [2.45, 2.75) is 4.34 Å². The number of urea groups is 1. The molecule has 4 aromatic rings. The molecule has 168 valence electrons. The van der Waals surface area contributed by atoms with Gasteiger partial charge in [-0.25, -0.2) is 14.2 Å². The number of carbonyl (C=O) groups excluding carboxylic acids is 2. The van der Waals surface area contributed by atoms with Crippen molar-refractivity contribution in [1.82, 2.24) is 4.98 Å². The number of ether oxygens (including phenoxy) is 1. The van der Waals surface area contributed by atoms with Crippen molar-refractivity contribution in [1.29, 1.82) is 0 Å². The molecule has 0 aliphatic rings. The Morgan fingerprint density at radius 1 is 1.00 bits per heavy atom. The van der Waals surface area contributed by atoms with Crippen LogP contribution in [0.3, 0.4) is 0 Å². The second kappa shape index (κ2) is 10.3. The summed E-state index contributed by atoms with van der Waals surface area (Å²) < 4.78 is 20.4. The van der Waals surface area contributed by atoms with Crippen LogP contribution in [0.15, 0.2) is 71.1 Å². The number of amides is 3. The Morgan fingerprint density at radius 2 is 1.76 bits per heavy atom. The molecule has 10 heteroatoms. The van der Waals surface area contributed by atoms with E-state index in [1.165, 1.54) is 35.2 Å². The average molecular weight is 483 g/mol. The number of benzene rings is 3. The third-order valence-electron chi connectivity index (χ3n) is 4.45. The van der Waals surface area contributed by atoms with Gasteiger partial charge in [0.05, 0.1) is 28.8 Å². The van der Waals surface area contributed by atoms with Crippen LogP contribution in [0.5, 0.6) is 5.75 Å². The van der Waals surface area contributed by atoms with Crippen molar-refractivity contribution < 1.29 is 18.7 Å². The van der Waals surface area contributed by atoms with E-state index in [2.05, 4.69) is 20.9 Å². The molecule has 0 saturated carbocycles. The van der Waals surface area contributed by atoms with E-state index < -0.39 is 11.8 Å². The second-order valence-electron chi connectivity index (χ2n) is 6.79. The number of fused-ring (bicyclic) bond motifs is 1. The number of nitrogens with one attached hydrogen (secondary N) is 3. The van der Waals surface area contributed by atoms with Crippen LogP contribution in [-0.4, -0.2) is 29.8 Å². The number of methoxy groups -OCH3 is 1. The lowest BCUT2D eigenvalue weighted by Crippen LogP contribution is -2.19. The fourth-order valence-corrected chi connectivity index (χ4v) is 4.80. The molecule has 1 aromatic heterocycles. The van der Waals surface area contributed by atoms with Gasteiger partial charge in [-0.05, 0) is 54.6 Å². The molecule has 33 heavy (non-hydrogen) atoms. The minimum atomic E-state index is -0.547. The lowest BCUT2D eigenvalue weighted by Gasteiger charge is -2.08. The minimum absolute atomic E-state index is 0.0977. The molecule has 3 amide bonds. The van der Waals surface area contributed by atoms with Crippen molar-refractivity contribution in [3.8, 4) is 5.75 Å². The highest BCUT2D eigenvalue weighted by Crippen LogP contribution is 2.31. The van der Waals surface area contributed by atoms with Gasteiger partial charge >= 0.3 is 6.03 Å². The van der Waals surface area contributed by atoms with Crippen molar-refractivity contribution in [2.24, 2.45) is 0 Å². The molecule has 0 unspecified atom stereocenters. The van der Waals surface area contributed by atoms with Gasteiger partial charge in [-0.15, -0.1) is 11.3 Å². The largest absolute Gasteiger partial charge is 0.497 e. The molecular formula is C23H19FN4O3S2. The predicted octanol–water partition coefficient (Wildman–Crippen LogP) is 5.82. The summed E-state index contributed by atoms with van der Waals surface area (Å²) >= 11 is 2.76. The van der Waals surface area contributed by atoms with E-state index in [9.17, 15) is 14.0 Å². The van der Waals surface area contributed by atoms with Crippen LogP contribution >= 0.6 is 23.1 Å². The zero-order valence-electron chi connectivity index (χ0n) is 17.4. The van der Waals surface area contributed by atoms with Crippen molar-refractivity contribution in [2.75, 3.05) is 28.8 Å². The molecule has 0 aliphatic carbocycles. The van der Waals surface area contributed by atoms with Crippen molar-refractivity contribution >= 4 is 62.3 Å². The Kier molecular flexibility index (Phi) is 7.06. The number of hydrogen-bond acceptors (Lipinski definition) is 6. The summed E-state index contributed by atoms with van der Waals surface area (Å²) in [5.74, 6) is 0.275. The van der Waals surface area contributed by atoms with Crippen LogP contribution < -0.4 is 20.7 Å². The number of anilines is 3. The van der Waals surface area contributed by atoms with Crippen molar-refractivity contribution in [3.63, 3.8) is 0 Å². The lowest BCUT2D eigenvalue weighted by atomic mass is 10.3. The Bertz CT molecular complexity index is 1290. The fraction of sp³-hybridized carbons (Fsp3) is 0.0870. The topological polar surface area (TPSA) is 92.3 Å². The summed E-state index contributed by atoms with van der Waals surface area (Å²) in [6.45, 7) is 0. The van der Waals surface area contributed by atoms with Crippen LogP contribution in [0, 0.1) is 5.82 Å². The Labute approximate surface area is 197 Å². The maximum Gasteiger partial charge on any atom is 0.323 e. The smallest absolute Gasteiger partial charge is 0.323 e. The van der Waals surface area contributed by atoms with Gasteiger partial charge in [0, 0.05) is 11.4 Å². The number of hydrogen-bond donors (Lipinski definition) is 3. The zero-order chi connectivity index (χ0) is 23.2. The molecule has 0 spiro atoms. The van der Waals surface area contributed by atoms with E-state index in [0.29, 0.717) is 11.4 Å². The normalized spacial score (nSPS) is 10.6. The van der Waals surface area contributed by atoms with E-state index in [0.717, 1.165) is 20.3 Å². The fourth-order valence-electron chi connectivity index (χ4n) is 2.89. The van der Waals surface area contributed by atoms with E-state index in [1.54, 1.807) is 61.7 Å². The zero-order valence-corrected chi connectivity index (χ0v) is 19.1. The van der Waals surface area contributed by atoms with Crippen molar-refractivity contribution in [3.05, 3.63) is 72.5 Å². The summed E-state index contributed by atoms with van der Waals surface area (Å²) in [5.41, 5.74) is 2.10. The maximum atomic E-state index is 13.7. The monoisotopic (exact) mass is 482 g/mol. The first-order valence-corrected chi connectivity index (χ1v) is 11.6. The second-order valence-corrected chi connectivity index (χ2v) is 9.04. The van der Waals surface area contributed by atoms with Gasteiger partial charge in [-0.2, -0.15) is 0 Å². The summed E-state index contributed by atoms with van der Waals surface area (Å²) in [4.78, 5) is 28.9. The third-order valence-corrected chi connectivity index (χ3v) is 6.61. The van der Waals surface area contributed by atoms with Crippen LogP contribution in [-0.2, 0) is 4.79 Å². The number of carbonyl (C=O) groups is 2. The molecule has 4 rings (SSSR count). The molecule has 0 radical (unpaired) electrons. The minimum Gasteiger partial charge on any atom is -0.497 e. The Morgan fingerprint density at radius 3 is 2.52 bits per heavy atom. The molecule has 0 saturated heterocycles. The molecule has 7 nitrogen and oxygen atoms in total. The number of thioether (sulfide) groups is 1. The average Bonchev–Trinajstić information content (AvgIpc) is 3.22. The van der Waals surface area contributed by atoms with Gasteiger partial charge in [-0.3, -0.25) is 4.79 Å². The standard InChI is InChI=1S/C23H19FN4O3S2/c1-31-16-9-6-14(7-10-16)25-21(29)13-32-23-28-19-11-8-15(12-20(19)33-23)26-22(30)27-18-5-3-2-4-17(18)24/h2-12H,13H2,1H3,(H,25,29)(H2,26,27,30). The first kappa shape index (κ1) is 22.6. The highest BCUT2D eigenvalue weighted by Gasteiger charge is 2.11. The van der Waals surface area contributed by atoms with Gasteiger partial charge in [-0.1, -0.05) is 23.9 Å². The Balaban J connectivity index is 1.33. The van der Waals surface area contributed by atoms with E-state index in [4.69, 9.17) is 4.74 Å². The number of thiazole rings is 1. The van der Waals surface area contributed by atoms with Gasteiger partial charge in [0.2, 0.25) is 5.91 Å². The highest BCUT2D eigenvalue weighted by molar-refractivity contribution is 8.01. The van der Waals surface area contributed by atoms with Crippen LogP contribution in [0.4, 0.5) is 26.2 Å². The van der Waals surface area contributed by atoms with Gasteiger partial charge in [0.15, 0.2) is 4.34 Å². The SMILES string of the molecule is COc1ccc(NC(=O)CSc2nc3ccc(NC(=O)Nc4ccccc4F)cc3s2)cc1. The molecule has 3 aromatic carbocycles. The molecule has 0 aliphatic heterocycles. The van der Waals surface area contributed by atoms with Crippen LogP contribution in [0.2, 0.25) is 0 Å². The van der Waals surface area contributed by atoms with Gasteiger partial charge in [0.1, 0.15) is 11.6 Å². The molecule has 0 bridgehead atoms. The number of aromatic nitrogens is 1. The summed E-state index contributed by atoms with van der Waals surface area (Å²) in [5, 5.41) is 8.00. The molecule has 1 heterocycles. The van der Waals surface area contributed by atoms with Crippen LogP contribution in [0.25, 0.3) is 10.2 Å². The number of rotatable bonds is 7.